The molecule has 0 radical (unpaired) electrons. The zero-order chi connectivity index (χ0) is 38.2. The van der Waals surface area contributed by atoms with Crippen molar-refractivity contribution in [2.24, 2.45) is 0 Å². The number of pyridine rings is 1. The van der Waals surface area contributed by atoms with Crippen LogP contribution in [-0.4, -0.2) is 93.7 Å². The van der Waals surface area contributed by atoms with Gasteiger partial charge in [0.1, 0.15) is 0 Å². The van der Waals surface area contributed by atoms with Gasteiger partial charge in [-0.05, 0) is 61.3 Å². The Morgan fingerprint density at radius 3 is 1.89 bits per heavy atom. The van der Waals surface area contributed by atoms with Crippen LogP contribution in [0.25, 0.3) is 32.4 Å². The number of imide groups is 2. The van der Waals surface area contributed by atoms with Crippen LogP contribution < -0.4 is 5.32 Å². The summed E-state index contributed by atoms with van der Waals surface area (Å²) in [4.78, 5) is 81.9. The molecule has 0 saturated carbocycles. The van der Waals surface area contributed by atoms with Gasteiger partial charge in [0.15, 0.2) is 0 Å². The van der Waals surface area contributed by atoms with E-state index in [4.69, 9.17) is 4.55 Å². The molecule has 5 aromatic rings. The van der Waals surface area contributed by atoms with Crippen molar-refractivity contribution in [2.45, 2.75) is 19.3 Å². The molecule has 0 spiro atoms. The minimum Gasteiger partial charge on any atom is -0.317 e. The van der Waals surface area contributed by atoms with Crippen LogP contribution in [0.5, 0.6) is 0 Å². The molecule has 0 saturated heterocycles. The van der Waals surface area contributed by atoms with Crippen molar-refractivity contribution in [1.29, 1.82) is 0 Å². The lowest BCUT2D eigenvalue weighted by molar-refractivity contribution is -0.384. The number of carbonyl (C=O) groups excluding carboxylic acids is 4. The zero-order valence-corrected chi connectivity index (χ0v) is 28.8. The van der Waals surface area contributed by atoms with Crippen molar-refractivity contribution in [3.05, 3.63) is 109 Å². The lowest BCUT2D eigenvalue weighted by atomic mass is 9.91. The first-order chi connectivity index (χ1) is 25.2. The normalized spacial score (nSPS) is 13.8. The van der Waals surface area contributed by atoms with E-state index >= 15 is 0 Å². The summed E-state index contributed by atoms with van der Waals surface area (Å²) in [6, 6.07) is 15.1. The monoisotopic (exact) mass is 742 g/mol. The minimum absolute atomic E-state index is 0.0857. The van der Waals surface area contributed by atoms with Gasteiger partial charge in [0.25, 0.3) is 45.1 Å². The molecule has 17 nitrogen and oxygen atoms in total. The summed E-state index contributed by atoms with van der Waals surface area (Å²) in [7, 11) is -3.67. The molecule has 53 heavy (non-hydrogen) atoms. The summed E-state index contributed by atoms with van der Waals surface area (Å²) in [5.74, 6) is -2.09. The molecule has 0 fully saturated rings. The van der Waals surface area contributed by atoms with Crippen molar-refractivity contribution in [2.75, 3.05) is 32.4 Å². The van der Waals surface area contributed by atoms with Gasteiger partial charge in [0, 0.05) is 65.3 Å². The second-order valence-electron chi connectivity index (χ2n) is 12.4. The predicted molar refractivity (Wildman–Crippen MR) is 191 cm³/mol. The SMILES string of the molecule is CS(=O)(=O)O.O=C1c2cccc3cc([N+](=O)[O-])cc(c23)C(=O)N1CCCCNCCCN1C(=O)c2cc([N+](=O)[O-])cc3c2c(cc2ncccc23)C1=O. The molecule has 2 aliphatic rings. The van der Waals surface area contributed by atoms with E-state index in [1.54, 1.807) is 42.6 Å². The van der Waals surface area contributed by atoms with Crippen molar-refractivity contribution in [3.8, 4) is 0 Å². The number of rotatable bonds is 11. The number of unbranched alkanes of at least 4 members (excludes halogenated alkanes) is 1. The van der Waals surface area contributed by atoms with E-state index in [-0.39, 0.29) is 41.2 Å². The average molecular weight is 743 g/mol. The third-order valence-corrected chi connectivity index (χ3v) is 8.81. The van der Waals surface area contributed by atoms with E-state index in [1.165, 1.54) is 24.3 Å². The van der Waals surface area contributed by atoms with Gasteiger partial charge in [0.05, 0.1) is 38.3 Å². The predicted octanol–water partition coefficient (Wildman–Crippen LogP) is 4.51. The topological polar surface area (TPSA) is 240 Å². The highest BCUT2D eigenvalue weighted by Crippen LogP contribution is 2.38. The van der Waals surface area contributed by atoms with Crippen LogP contribution in [0.15, 0.2) is 66.9 Å². The fourth-order valence-electron chi connectivity index (χ4n) is 6.59. The molecule has 0 aliphatic carbocycles. The molecule has 1 aromatic heterocycles. The van der Waals surface area contributed by atoms with Gasteiger partial charge in [-0.1, -0.05) is 18.2 Å². The molecule has 0 unspecified atom stereocenters. The maximum Gasteiger partial charge on any atom is 0.270 e. The summed E-state index contributed by atoms with van der Waals surface area (Å²) in [5.41, 5.74) is 0.849. The summed E-state index contributed by atoms with van der Waals surface area (Å²) in [6.07, 6.45) is 3.78. The number of nitro benzene ring substituents is 2. The van der Waals surface area contributed by atoms with Gasteiger partial charge in [-0.3, -0.25) is 58.7 Å². The number of hydrogen-bond acceptors (Lipinski definition) is 12. The molecule has 3 heterocycles. The Labute approximate surface area is 300 Å². The summed E-state index contributed by atoms with van der Waals surface area (Å²) < 4.78 is 25.9. The van der Waals surface area contributed by atoms with Crippen LogP contribution >= 0.6 is 0 Å². The van der Waals surface area contributed by atoms with Crippen LogP contribution in [0.3, 0.4) is 0 Å². The highest BCUT2D eigenvalue weighted by Gasteiger charge is 2.36. The fourth-order valence-corrected chi connectivity index (χ4v) is 6.59. The molecule has 272 valence electrons. The van der Waals surface area contributed by atoms with E-state index < -0.39 is 43.6 Å². The second-order valence-corrected chi connectivity index (χ2v) is 13.9. The average Bonchev–Trinajstić information content (AvgIpc) is 3.11. The third kappa shape index (κ3) is 7.27. The number of nitrogens with one attached hydrogen (secondary N) is 1. The van der Waals surface area contributed by atoms with Gasteiger partial charge in [-0.15, -0.1) is 0 Å². The molecule has 4 aromatic carbocycles. The van der Waals surface area contributed by atoms with Crippen molar-refractivity contribution >= 4 is 77.6 Å². The molecule has 7 rings (SSSR count). The van der Waals surface area contributed by atoms with Gasteiger partial charge in [-0.25, -0.2) is 0 Å². The maximum atomic E-state index is 13.5. The van der Waals surface area contributed by atoms with Gasteiger partial charge in [-0.2, -0.15) is 8.42 Å². The quantitative estimate of drug-likeness (QED) is 0.0473. The van der Waals surface area contributed by atoms with Crippen LogP contribution in [0, 0.1) is 20.2 Å². The molecule has 0 bridgehead atoms. The van der Waals surface area contributed by atoms with Crippen molar-refractivity contribution in [3.63, 3.8) is 0 Å². The zero-order valence-electron chi connectivity index (χ0n) is 28.0. The van der Waals surface area contributed by atoms with Crippen LogP contribution in [-0.2, 0) is 10.1 Å². The highest BCUT2D eigenvalue weighted by atomic mass is 32.2. The van der Waals surface area contributed by atoms with Crippen molar-refractivity contribution < 1.29 is 42.0 Å². The van der Waals surface area contributed by atoms with E-state index in [0.717, 1.165) is 9.80 Å². The number of fused-ring (bicyclic) bond motifs is 2. The fraction of sp³-hybridized carbons (Fsp3) is 0.229. The lowest BCUT2D eigenvalue weighted by Crippen LogP contribution is -2.42. The van der Waals surface area contributed by atoms with E-state index in [2.05, 4.69) is 10.3 Å². The number of benzene rings is 4. The number of aromatic nitrogens is 1. The lowest BCUT2D eigenvalue weighted by Gasteiger charge is -2.27. The van der Waals surface area contributed by atoms with Crippen LogP contribution in [0.1, 0.15) is 60.7 Å². The van der Waals surface area contributed by atoms with Gasteiger partial charge >= 0.3 is 0 Å². The second kappa shape index (κ2) is 14.4. The third-order valence-electron chi connectivity index (χ3n) is 8.81. The molecule has 2 aliphatic heterocycles. The Morgan fingerprint density at radius 2 is 1.25 bits per heavy atom. The number of non-ortho nitro benzene ring substituents is 2. The summed E-state index contributed by atoms with van der Waals surface area (Å²) in [6.45, 7) is 1.20. The van der Waals surface area contributed by atoms with Gasteiger partial charge in [0.2, 0.25) is 0 Å². The minimum atomic E-state index is -3.67. The molecule has 2 N–H and O–H groups in total. The highest BCUT2D eigenvalue weighted by molar-refractivity contribution is 7.85. The maximum absolute atomic E-state index is 13.5. The first-order valence-electron chi connectivity index (χ1n) is 16.2. The summed E-state index contributed by atoms with van der Waals surface area (Å²) >= 11 is 0. The van der Waals surface area contributed by atoms with Crippen LogP contribution in [0.2, 0.25) is 0 Å². The number of carbonyl (C=O) groups is 4. The molecular weight excluding hydrogens is 712 g/mol. The molecule has 4 amide bonds. The Hall–Kier alpha value is -6.24. The Balaban J connectivity index is 0.000000902. The largest absolute Gasteiger partial charge is 0.317 e. The van der Waals surface area contributed by atoms with E-state index in [9.17, 15) is 47.8 Å². The summed E-state index contributed by atoms with van der Waals surface area (Å²) in [5, 5.41) is 28.7. The van der Waals surface area contributed by atoms with Gasteiger partial charge < -0.3 is 5.32 Å². The molecular formula is C35H30N6O11S. The number of hydrogen-bond donors (Lipinski definition) is 2. The smallest absolute Gasteiger partial charge is 0.270 e. The van der Waals surface area contributed by atoms with E-state index in [1.807, 2.05) is 0 Å². The first kappa shape index (κ1) is 36.5. The standard InChI is InChI=1S/C34H26N6O8.CH4O3S/c41-31-23-7-3-6-19-14-20(39(45)46)16-25(29(19)23)32(42)37(31)12-2-1-9-35-10-5-13-38-33(43)26-17-21(40(47)48)15-24-22-8-4-11-36-28(22)18-27(30(24)26)34(38)44;1-5(2,3)4/h3-4,6-8,11,14-18,35H,1-2,5,9-10,12-13H2;1H3,(H,2,3,4). The van der Waals surface area contributed by atoms with Crippen molar-refractivity contribution in [1.82, 2.24) is 20.1 Å². The number of amides is 4. The Morgan fingerprint density at radius 1 is 0.698 bits per heavy atom. The molecule has 18 heteroatoms. The Kier molecular flexibility index (Phi) is 9.94. The first-order valence-corrected chi connectivity index (χ1v) is 18.1. The number of nitrogens with zero attached hydrogens (tertiary/aromatic N) is 5. The number of nitro groups is 2. The Bertz CT molecular complexity index is 2510. The van der Waals surface area contributed by atoms with Crippen LogP contribution in [0.4, 0.5) is 11.4 Å². The van der Waals surface area contributed by atoms with E-state index in [0.29, 0.717) is 76.6 Å². The molecule has 0 atom stereocenters.